The van der Waals surface area contributed by atoms with Gasteiger partial charge in [0.2, 0.25) is 11.6 Å². The third-order valence-corrected chi connectivity index (χ3v) is 2.56. The van der Waals surface area contributed by atoms with Gasteiger partial charge in [0.15, 0.2) is 0 Å². The van der Waals surface area contributed by atoms with Crippen LogP contribution >= 0.6 is 0 Å². The molecular weight excluding hydrogens is 236 g/mol. The molecule has 0 aliphatic heterocycles. The summed E-state index contributed by atoms with van der Waals surface area (Å²) in [6.07, 6.45) is 2.04. The molecule has 5 nitrogen and oxygen atoms in total. The Morgan fingerprint density at radius 1 is 1.06 bits per heavy atom. The van der Waals surface area contributed by atoms with E-state index in [0.717, 1.165) is 12.8 Å². The van der Waals surface area contributed by atoms with Gasteiger partial charge in [-0.3, -0.25) is 9.59 Å². The molecule has 0 atom stereocenters. The fraction of sp³-hybridized carbons (Fsp3) is 0.385. The predicted molar refractivity (Wildman–Crippen MR) is 64.3 cm³/mol. The SMILES string of the molecule is CCCCO.O=C1c2ccccc2C(=O)C1(O)O. The van der Waals surface area contributed by atoms with E-state index in [2.05, 4.69) is 6.92 Å². The van der Waals surface area contributed by atoms with Crippen molar-refractivity contribution in [3.05, 3.63) is 35.4 Å². The molecule has 2 rings (SSSR count). The lowest BCUT2D eigenvalue weighted by molar-refractivity contribution is -0.0857. The highest BCUT2D eigenvalue weighted by molar-refractivity contribution is 6.30. The highest BCUT2D eigenvalue weighted by Gasteiger charge is 2.50. The van der Waals surface area contributed by atoms with Crippen molar-refractivity contribution in [1.82, 2.24) is 0 Å². The summed E-state index contributed by atoms with van der Waals surface area (Å²) in [7, 11) is 0. The lowest BCUT2D eigenvalue weighted by atomic mass is 10.1. The number of carbonyl (C=O) groups excluding carboxylic acids is 2. The van der Waals surface area contributed by atoms with Crippen LogP contribution in [0.4, 0.5) is 0 Å². The summed E-state index contributed by atoms with van der Waals surface area (Å²) < 4.78 is 0. The fourth-order valence-electron chi connectivity index (χ4n) is 1.52. The van der Waals surface area contributed by atoms with Crippen molar-refractivity contribution in [1.29, 1.82) is 0 Å². The molecule has 0 fully saturated rings. The lowest BCUT2D eigenvalue weighted by Gasteiger charge is -2.08. The maximum absolute atomic E-state index is 11.2. The van der Waals surface area contributed by atoms with Gasteiger partial charge in [0.05, 0.1) is 0 Å². The third kappa shape index (κ3) is 2.64. The van der Waals surface area contributed by atoms with E-state index in [4.69, 9.17) is 15.3 Å². The Morgan fingerprint density at radius 2 is 1.50 bits per heavy atom. The average Bonchev–Trinajstić information content (AvgIpc) is 2.54. The van der Waals surface area contributed by atoms with Crippen LogP contribution < -0.4 is 0 Å². The zero-order valence-corrected chi connectivity index (χ0v) is 10.1. The number of carbonyl (C=O) groups is 2. The zero-order valence-electron chi connectivity index (χ0n) is 10.1. The second-order valence-electron chi connectivity index (χ2n) is 3.95. The van der Waals surface area contributed by atoms with Gasteiger partial charge in [-0.2, -0.15) is 0 Å². The molecule has 1 aliphatic rings. The Morgan fingerprint density at radius 3 is 1.78 bits per heavy atom. The zero-order chi connectivity index (χ0) is 13.8. The number of aliphatic hydroxyl groups excluding tert-OH is 1. The number of hydrogen-bond acceptors (Lipinski definition) is 5. The fourth-order valence-corrected chi connectivity index (χ4v) is 1.52. The van der Waals surface area contributed by atoms with Crippen LogP contribution in [0.25, 0.3) is 0 Å². The number of unbranched alkanes of at least 4 members (excludes halogenated alkanes) is 1. The quantitative estimate of drug-likeness (QED) is 0.527. The number of rotatable bonds is 2. The number of ketones is 2. The topological polar surface area (TPSA) is 94.8 Å². The summed E-state index contributed by atoms with van der Waals surface area (Å²) in [5, 5.41) is 26.3. The molecule has 0 heterocycles. The summed E-state index contributed by atoms with van der Waals surface area (Å²) in [6, 6.07) is 5.91. The van der Waals surface area contributed by atoms with Gasteiger partial charge < -0.3 is 15.3 Å². The van der Waals surface area contributed by atoms with E-state index in [9.17, 15) is 9.59 Å². The Hall–Kier alpha value is -1.56. The van der Waals surface area contributed by atoms with Gasteiger partial charge >= 0.3 is 0 Å². The van der Waals surface area contributed by atoms with Crippen LogP contribution in [0, 0.1) is 0 Å². The minimum absolute atomic E-state index is 0.0671. The normalized spacial score (nSPS) is 16.0. The highest BCUT2D eigenvalue weighted by Crippen LogP contribution is 2.27. The molecule has 1 aliphatic carbocycles. The van der Waals surface area contributed by atoms with E-state index in [0.29, 0.717) is 6.61 Å². The van der Waals surface area contributed by atoms with Gasteiger partial charge in [-0.05, 0) is 6.42 Å². The first kappa shape index (κ1) is 14.5. The highest BCUT2D eigenvalue weighted by atomic mass is 16.5. The van der Waals surface area contributed by atoms with E-state index in [1.807, 2.05) is 0 Å². The molecule has 0 radical (unpaired) electrons. The molecule has 0 unspecified atom stereocenters. The van der Waals surface area contributed by atoms with E-state index >= 15 is 0 Å². The Bertz CT molecular complexity index is 411. The van der Waals surface area contributed by atoms with Crippen LogP contribution in [0.2, 0.25) is 0 Å². The van der Waals surface area contributed by atoms with Crippen LogP contribution in [-0.4, -0.2) is 39.3 Å². The van der Waals surface area contributed by atoms with E-state index in [1.165, 1.54) is 12.1 Å². The van der Waals surface area contributed by atoms with Crippen molar-refractivity contribution in [2.45, 2.75) is 25.6 Å². The van der Waals surface area contributed by atoms with Crippen molar-refractivity contribution in [2.24, 2.45) is 0 Å². The molecule has 0 amide bonds. The van der Waals surface area contributed by atoms with Crippen LogP contribution in [0.1, 0.15) is 40.5 Å². The predicted octanol–water partition coefficient (Wildman–Crippen LogP) is 0.525. The number of Topliss-reactive ketones (excluding diaryl/α,β-unsaturated/α-hetero) is 2. The largest absolute Gasteiger partial charge is 0.396 e. The van der Waals surface area contributed by atoms with Gasteiger partial charge in [0.25, 0.3) is 5.79 Å². The molecule has 1 aromatic carbocycles. The minimum Gasteiger partial charge on any atom is -0.396 e. The van der Waals surface area contributed by atoms with Gasteiger partial charge in [0, 0.05) is 17.7 Å². The van der Waals surface area contributed by atoms with E-state index in [-0.39, 0.29) is 11.1 Å². The molecule has 0 aromatic heterocycles. The second kappa shape index (κ2) is 5.86. The Balaban J connectivity index is 0.000000280. The van der Waals surface area contributed by atoms with E-state index < -0.39 is 17.4 Å². The summed E-state index contributed by atoms with van der Waals surface area (Å²) in [5.41, 5.74) is 0.134. The van der Waals surface area contributed by atoms with Crippen molar-refractivity contribution in [3.63, 3.8) is 0 Å². The molecular formula is C13H16O5. The molecule has 0 saturated heterocycles. The summed E-state index contributed by atoms with van der Waals surface area (Å²) >= 11 is 0. The molecule has 3 N–H and O–H groups in total. The van der Waals surface area contributed by atoms with Crippen LogP contribution in [0.3, 0.4) is 0 Å². The Labute approximate surface area is 105 Å². The van der Waals surface area contributed by atoms with Gasteiger partial charge in [-0.1, -0.05) is 37.6 Å². The maximum Gasteiger partial charge on any atom is 0.295 e. The molecule has 1 aromatic rings. The molecule has 18 heavy (non-hydrogen) atoms. The van der Waals surface area contributed by atoms with Crippen molar-refractivity contribution >= 4 is 11.6 Å². The van der Waals surface area contributed by atoms with Crippen LogP contribution in [0.15, 0.2) is 24.3 Å². The average molecular weight is 252 g/mol. The summed E-state index contributed by atoms with van der Waals surface area (Å²) in [6.45, 7) is 2.40. The monoisotopic (exact) mass is 252 g/mol. The number of hydrogen-bond donors (Lipinski definition) is 3. The summed E-state index contributed by atoms with van der Waals surface area (Å²) in [5.74, 6) is -4.76. The third-order valence-electron chi connectivity index (χ3n) is 2.56. The molecule has 0 saturated carbocycles. The first-order chi connectivity index (χ1) is 8.46. The molecule has 98 valence electrons. The first-order valence-electron chi connectivity index (χ1n) is 5.71. The lowest BCUT2D eigenvalue weighted by Crippen LogP contribution is -2.40. The van der Waals surface area contributed by atoms with Gasteiger partial charge in [0.1, 0.15) is 0 Å². The molecule has 5 heteroatoms. The van der Waals surface area contributed by atoms with Gasteiger partial charge in [-0.25, -0.2) is 0 Å². The minimum atomic E-state index is -2.86. The summed E-state index contributed by atoms with van der Waals surface area (Å²) in [4.78, 5) is 22.4. The van der Waals surface area contributed by atoms with Crippen LogP contribution in [0.5, 0.6) is 0 Å². The standard InChI is InChI=1S/C9H6O4.C4H10O/c10-7-5-3-1-2-4-6(5)8(11)9(7,12)13;1-2-3-4-5/h1-4,12-13H;5H,2-4H2,1H3. The maximum atomic E-state index is 11.2. The van der Waals surface area contributed by atoms with Crippen LogP contribution in [-0.2, 0) is 0 Å². The number of fused-ring (bicyclic) bond motifs is 1. The molecule has 0 spiro atoms. The van der Waals surface area contributed by atoms with Crippen molar-refractivity contribution in [3.8, 4) is 0 Å². The molecule has 0 bridgehead atoms. The number of benzene rings is 1. The van der Waals surface area contributed by atoms with Crippen molar-refractivity contribution in [2.75, 3.05) is 6.61 Å². The first-order valence-corrected chi connectivity index (χ1v) is 5.71. The van der Waals surface area contributed by atoms with E-state index in [1.54, 1.807) is 12.1 Å². The van der Waals surface area contributed by atoms with Crippen molar-refractivity contribution < 1.29 is 24.9 Å². The Kier molecular flexibility index (Phi) is 4.72. The number of aliphatic hydroxyl groups is 3. The van der Waals surface area contributed by atoms with Gasteiger partial charge in [-0.15, -0.1) is 0 Å². The second-order valence-corrected chi connectivity index (χ2v) is 3.95. The smallest absolute Gasteiger partial charge is 0.295 e.